The van der Waals surface area contributed by atoms with E-state index in [1.165, 1.54) is 6.08 Å². The molecule has 0 aliphatic rings. The fourth-order valence-corrected chi connectivity index (χ4v) is 1.82. The van der Waals surface area contributed by atoms with Gasteiger partial charge in [-0.3, -0.25) is 15.4 Å². The van der Waals surface area contributed by atoms with Crippen molar-refractivity contribution in [3.63, 3.8) is 0 Å². The van der Waals surface area contributed by atoms with Gasteiger partial charge in [-0.2, -0.15) is 5.26 Å². The molecule has 3 amide bonds. The first-order valence-electron chi connectivity index (χ1n) is 6.93. The summed E-state index contributed by atoms with van der Waals surface area (Å²) in [5, 5.41) is 16.6. The third-order valence-corrected chi connectivity index (χ3v) is 3.08. The number of rotatable bonds is 6. The van der Waals surface area contributed by atoms with Gasteiger partial charge in [0.2, 0.25) is 5.91 Å². The predicted molar refractivity (Wildman–Crippen MR) is 83.9 cm³/mol. The Morgan fingerprint density at radius 2 is 1.95 bits per heavy atom. The van der Waals surface area contributed by atoms with Gasteiger partial charge >= 0.3 is 6.03 Å². The quantitative estimate of drug-likeness (QED) is 0.696. The van der Waals surface area contributed by atoms with E-state index in [0.29, 0.717) is 12.1 Å². The van der Waals surface area contributed by atoms with E-state index in [1.54, 1.807) is 19.1 Å². The fourth-order valence-electron chi connectivity index (χ4n) is 1.82. The van der Waals surface area contributed by atoms with Gasteiger partial charge < -0.3 is 5.32 Å². The number of nitrogens with one attached hydrogen (secondary N) is 3. The first kappa shape index (κ1) is 17.4. The van der Waals surface area contributed by atoms with Gasteiger partial charge in [0.05, 0.1) is 17.7 Å². The SMILES string of the molecule is C=CCNC(=O)NC(=O)[C@H](C)N[C@@H](C)c1ccc(C#N)cc1. The molecule has 0 aliphatic heterocycles. The van der Waals surface area contributed by atoms with Crippen molar-refractivity contribution in [1.29, 1.82) is 5.26 Å². The molecule has 3 N–H and O–H groups in total. The van der Waals surface area contributed by atoms with Crippen LogP contribution in [0.15, 0.2) is 36.9 Å². The third-order valence-electron chi connectivity index (χ3n) is 3.08. The van der Waals surface area contributed by atoms with Crippen molar-refractivity contribution in [3.8, 4) is 6.07 Å². The molecule has 6 heteroatoms. The number of benzene rings is 1. The monoisotopic (exact) mass is 300 g/mol. The molecular weight excluding hydrogens is 280 g/mol. The molecule has 0 spiro atoms. The smallest absolute Gasteiger partial charge is 0.321 e. The maximum absolute atomic E-state index is 11.9. The second-order valence-electron chi connectivity index (χ2n) is 4.83. The number of urea groups is 1. The molecule has 0 unspecified atom stereocenters. The lowest BCUT2D eigenvalue weighted by atomic mass is 10.1. The minimum Gasteiger partial charge on any atom is -0.334 e. The Hall–Kier alpha value is -2.65. The van der Waals surface area contributed by atoms with Gasteiger partial charge in [-0.25, -0.2) is 4.79 Å². The Labute approximate surface area is 130 Å². The van der Waals surface area contributed by atoms with Crippen LogP contribution in [0.25, 0.3) is 0 Å². The molecule has 0 bridgehead atoms. The van der Waals surface area contributed by atoms with Crippen LogP contribution in [-0.4, -0.2) is 24.5 Å². The van der Waals surface area contributed by atoms with Gasteiger partial charge in [0, 0.05) is 12.6 Å². The summed E-state index contributed by atoms with van der Waals surface area (Å²) in [6, 6.07) is 7.98. The zero-order valence-corrected chi connectivity index (χ0v) is 12.7. The zero-order chi connectivity index (χ0) is 16.5. The Morgan fingerprint density at radius 1 is 1.32 bits per heavy atom. The summed E-state index contributed by atoms with van der Waals surface area (Å²) in [5.74, 6) is -0.415. The van der Waals surface area contributed by atoms with E-state index < -0.39 is 18.0 Å². The highest BCUT2D eigenvalue weighted by atomic mass is 16.2. The molecule has 0 saturated carbocycles. The van der Waals surface area contributed by atoms with E-state index in [-0.39, 0.29) is 6.04 Å². The number of nitriles is 1. The number of hydrogen-bond acceptors (Lipinski definition) is 4. The van der Waals surface area contributed by atoms with Crippen LogP contribution in [0.5, 0.6) is 0 Å². The largest absolute Gasteiger partial charge is 0.334 e. The van der Waals surface area contributed by atoms with Crippen LogP contribution in [0.2, 0.25) is 0 Å². The van der Waals surface area contributed by atoms with E-state index in [0.717, 1.165) is 5.56 Å². The zero-order valence-electron chi connectivity index (χ0n) is 12.7. The average Bonchev–Trinajstić information content (AvgIpc) is 2.52. The molecular formula is C16H20N4O2. The van der Waals surface area contributed by atoms with Gasteiger partial charge in [-0.1, -0.05) is 18.2 Å². The molecule has 1 rings (SSSR count). The minimum atomic E-state index is -0.551. The van der Waals surface area contributed by atoms with Crippen LogP contribution >= 0.6 is 0 Å². The van der Waals surface area contributed by atoms with Gasteiger partial charge in [0.25, 0.3) is 0 Å². The molecule has 6 nitrogen and oxygen atoms in total. The molecule has 0 aromatic heterocycles. The second-order valence-corrected chi connectivity index (χ2v) is 4.83. The molecule has 0 fully saturated rings. The van der Waals surface area contributed by atoms with Crippen molar-refractivity contribution < 1.29 is 9.59 Å². The first-order chi connectivity index (χ1) is 10.5. The summed E-state index contributed by atoms with van der Waals surface area (Å²) in [6.45, 7) is 7.35. The first-order valence-corrected chi connectivity index (χ1v) is 6.93. The Kier molecular flexibility index (Phi) is 6.80. The number of carbonyl (C=O) groups excluding carboxylic acids is 2. The molecule has 0 aliphatic carbocycles. The van der Waals surface area contributed by atoms with E-state index in [1.807, 2.05) is 19.1 Å². The van der Waals surface area contributed by atoms with Crippen molar-refractivity contribution in [1.82, 2.24) is 16.0 Å². The normalized spacial score (nSPS) is 12.6. The van der Waals surface area contributed by atoms with Crippen molar-refractivity contribution >= 4 is 11.9 Å². The van der Waals surface area contributed by atoms with E-state index in [9.17, 15) is 9.59 Å². The number of nitrogens with zero attached hydrogens (tertiary/aromatic N) is 1. The lowest BCUT2D eigenvalue weighted by molar-refractivity contribution is -0.121. The van der Waals surface area contributed by atoms with Crippen LogP contribution in [0, 0.1) is 11.3 Å². The molecule has 0 heterocycles. The molecule has 0 radical (unpaired) electrons. The second kappa shape index (κ2) is 8.60. The number of imide groups is 1. The topological polar surface area (TPSA) is 94.0 Å². The van der Waals surface area contributed by atoms with E-state index >= 15 is 0 Å². The lowest BCUT2D eigenvalue weighted by Crippen LogP contribution is -2.48. The van der Waals surface area contributed by atoms with E-state index in [4.69, 9.17) is 5.26 Å². The minimum absolute atomic E-state index is 0.0928. The number of hydrogen-bond donors (Lipinski definition) is 3. The maximum Gasteiger partial charge on any atom is 0.321 e. The van der Waals surface area contributed by atoms with Crippen LogP contribution < -0.4 is 16.0 Å². The summed E-state index contributed by atoms with van der Waals surface area (Å²) in [4.78, 5) is 23.3. The van der Waals surface area contributed by atoms with Crippen LogP contribution in [0.4, 0.5) is 4.79 Å². The van der Waals surface area contributed by atoms with E-state index in [2.05, 4.69) is 28.6 Å². The van der Waals surface area contributed by atoms with Gasteiger partial charge in [0.15, 0.2) is 0 Å². The van der Waals surface area contributed by atoms with Gasteiger partial charge in [-0.15, -0.1) is 6.58 Å². The average molecular weight is 300 g/mol. The van der Waals surface area contributed by atoms with Crippen LogP contribution in [0.1, 0.15) is 31.0 Å². The van der Waals surface area contributed by atoms with Crippen LogP contribution in [-0.2, 0) is 4.79 Å². The molecule has 1 aromatic rings. The van der Waals surface area contributed by atoms with Crippen molar-refractivity contribution in [2.75, 3.05) is 6.54 Å². The summed E-state index contributed by atoms with van der Waals surface area (Å²) < 4.78 is 0. The summed E-state index contributed by atoms with van der Waals surface area (Å²) in [5.41, 5.74) is 1.54. The molecule has 1 aromatic carbocycles. The highest BCUT2D eigenvalue weighted by molar-refractivity contribution is 5.96. The lowest BCUT2D eigenvalue weighted by Gasteiger charge is -2.19. The predicted octanol–water partition coefficient (Wildman–Crippen LogP) is 1.61. The molecule has 22 heavy (non-hydrogen) atoms. The van der Waals surface area contributed by atoms with Gasteiger partial charge in [-0.05, 0) is 31.5 Å². The molecule has 0 saturated heterocycles. The summed E-state index contributed by atoms with van der Waals surface area (Å²) in [7, 11) is 0. The molecule has 2 atom stereocenters. The fraction of sp³-hybridized carbons (Fsp3) is 0.312. The third kappa shape index (κ3) is 5.38. The van der Waals surface area contributed by atoms with Crippen molar-refractivity contribution in [3.05, 3.63) is 48.0 Å². The highest BCUT2D eigenvalue weighted by Gasteiger charge is 2.18. The molecule has 116 valence electrons. The highest BCUT2D eigenvalue weighted by Crippen LogP contribution is 2.13. The maximum atomic E-state index is 11.9. The number of carbonyl (C=O) groups is 2. The number of amides is 3. The Balaban J connectivity index is 2.53. The van der Waals surface area contributed by atoms with Crippen LogP contribution in [0.3, 0.4) is 0 Å². The summed E-state index contributed by atoms with van der Waals surface area (Å²) in [6.07, 6.45) is 1.53. The summed E-state index contributed by atoms with van der Waals surface area (Å²) >= 11 is 0. The van der Waals surface area contributed by atoms with Crippen molar-refractivity contribution in [2.24, 2.45) is 0 Å². The van der Waals surface area contributed by atoms with Crippen molar-refractivity contribution in [2.45, 2.75) is 25.9 Å². The standard InChI is InChI=1S/C16H20N4O2/c1-4-9-18-16(22)20-15(21)12(3)19-11(2)14-7-5-13(10-17)6-8-14/h4-8,11-12,19H,1,9H2,2-3H3,(H2,18,20,21,22)/t11-,12-/m0/s1. The Morgan fingerprint density at radius 3 is 2.50 bits per heavy atom. The Bertz CT molecular complexity index is 575. The van der Waals surface area contributed by atoms with Gasteiger partial charge in [0.1, 0.15) is 0 Å².